The molecule has 2 unspecified atom stereocenters. The van der Waals surface area contributed by atoms with Crippen molar-refractivity contribution in [3.63, 3.8) is 0 Å². The number of ether oxygens (including phenoxy) is 1. The van der Waals surface area contributed by atoms with Crippen LogP contribution in [0.4, 0.5) is 11.4 Å². The first kappa shape index (κ1) is 25.0. The molecule has 2 heterocycles. The Bertz CT molecular complexity index is 1430. The zero-order chi connectivity index (χ0) is 26.8. The van der Waals surface area contributed by atoms with E-state index in [2.05, 4.69) is 18.2 Å². The van der Waals surface area contributed by atoms with E-state index in [0.717, 1.165) is 41.7 Å². The Morgan fingerprint density at radius 2 is 1.72 bits per heavy atom. The first-order valence-electron chi connectivity index (χ1n) is 13.4. The number of carbonyl (C=O) groups is 1. The van der Waals surface area contributed by atoms with Gasteiger partial charge in [-0.05, 0) is 54.2 Å². The monoisotopic (exact) mass is 522 g/mol. The fourth-order valence-electron chi connectivity index (χ4n) is 5.91. The van der Waals surface area contributed by atoms with Crippen LogP contribution >= 0.6 is 0 Å². The third kappa shape index (κ3) is 4.95. The number of fused-ring (bicyclic) bond motifs is 1. The highest BCUT2D eigenvalue weighted by atomic mass is 16.6. The third-order valence-electron chi connectivity index (χ3n) is 7.76. The Morgan fingerprint density at radius 3 is 2.44 bits per heavy atom. The second-order valence-electron chi connectivity index (χ2n) is 10.1. The number of rotatable bonds is 5. The van der Waals surface area contributed by atoms with Gasteiger partial charge in [-0.25, -0.2) is 5.01 Å². The molecule has 2 fully saturated rings. The second-order valence-corrected chi connectivity index (χ2v) is 10.1. The summed E-state index contributed by atoms with van der Waals surface area (Å²) in [6.45, 7) is 2.18. The van der Waals surface area contributed by atoms with Crippen LogP contribution in [0.2, 0.25) is 0 Å². The number of benzene rings is 3. The number of nitro benzene ring substituents is 1. The molecular formula is C31H30N4O4. The van der Waals surface area contributed by atoms with Crippen LogP contribution in [0.25, 0.3) is 6.08 Å². The highest BCUT2D eigenvalue weighted by molar-refractivity contribution is 6.09. The average molecular weight is 523 g/mol. The summed E-state index contributed by atoms with van der Waals surface area (Å²) >= 11 is 0. The van der Waals surface area contributed by atoms with Crippen LogP contribution in [0, 0.1) is 16.0 Å². The predicted molar refractivity (Wildman–Crippen MR) is 151 cm³/mol. The van der Waals surface area contributed by atoms with Gasteiger partial charge < -0.3 is 9.64 Å². The molecule has 3 aromatic rings. The summed E-state index contributed by atoms with van der Waals surface area (Å²) in [5.41, 5.74) is 4.88. The first-order valence-corrected chi connectivity index (χ1v) is 13.4. The summed E-state index contributed by atoms with van der Waals surface area (Å²) in [4.78, 5) is 27.6. The average Bonchev–Trinajstić information content (AvgIpc) is 3.38. The Labute approximate surface area is 227 Å². The SMILES string of the molecule is O=C(c1ccc(N2CCOCC2)c([N+](=O)[O-])c1)N1N=C2/C(=C/c3ccccc3)CCCC2C1c1ccccc1. The van der Waals surface area contributed by atoms with Gasteiger partial charge in [0.05, 0.1) is 29.9 Å². The number of nitro groups is 1. The Kier molecular flexibility index (Phi) is 6.94. The molecular weight excluding hydrogens is 492 g/mol. The molecule has 198 valence electrons. The molecule has 2 aliphatic heterocycles. The van der Waals surface area contributed by atoms with Crippen LogP contribution in [-0.2, 0) is 4.74 Å². The quantitative estimate of drug-likeness (QED) is 0.309. The van der Waals surface area contributed by atoms with Crippen molar-refractivity contribution in [2.75, 3.05) is 31.2 Å². The van der Waals surface area contributed by atoms with E-state index in [4.69, 9.17) is 9.84 Å². The number of carbonyl (C=O) groups excluding carboxylic acids is 1. The Hall–Kier alpha value is -4.30. The molecule has 1 aliphatic carbocycles. The molecule has 0 aromatic heterocycles. The third-order valence-corrected chi connectivity index (χ3v) is 7.76. The van der Waals surface area contributed by atoms with Gasteiger partial charge in [-0.3, -0.25) is 14.9 Å². The van der Waals surface area contributed by atoms with E-state index in [1.165, 1.54) is 6.07 Å². The predicted octanol–water partition coefficient (Wildman–Crippen LogP) is 5.87. The lowest BCUT2D eigenvalue weighted by atomic mass is 9.77. The van der Waals surface area contributed by atoms with Crippen molar-refractivity contribution >= 4 is 29.1 Å². The number of amides is 1. The van der Waals surface area contributed by atoms with Crippen molar-refractivity contribution in [2.45, 2.75) is 25.3 Å². The van der Waals surface area contributed by atoms with E-state index in [9.17, 15) is 14.9 Å². The van der Waals surface area contributed by atoms with E-state index in [1.807, 2.05) is 53.4 Å². The molecule has 1 saturated carbocycles. The van der Waals surface area contributed by atoms with Crippen molar-refractivity contribution in [3.05, 3.63) is 111 Å². The molecule has 0 radical (unpaired) electrons. The molecule has 8 heteroatoms. The van der Waals surface area contributed by atoms with Crippen LogP contribution in [0.15, 0.2) is 89.5 Å². The van der Waals surface area contributed by atoms with Crippen molar-refractivity contribution in [3.8, 4) is 0 Å². The molecule has 3 aromatic carbocycles. The lowest BCUT2D eigenvalue weighted by Crippen LogP contribution is -2.36. The normalized spacial score (nSPS) is 21.9. The number of nitrogens with zero attached hydrogens (tertiary/aromatic N) is 4. The molecule has 1 amide bonds. The summed E-state index contributed by atoms with van der Waals surface area (Å²) < 4.78 is 5.41. The lowest BCUT2D eigenvalue weighted by Gasteiger charge is -2.30. The van der Waals surface area contributed by atoms with Crippen molar-refractivity contribution in [1.29, 1.82) is 0 Å². The molecule has 8 nitrogen and oxygen atoms in total. The molecule has 0 bridgehead atoms. The van der Waals surface area contributed by atoms with E-state index < -0.39 is 4.92 Å². The number of morpholine rings is 1. The highest BCUT2D eigenvalue weighted by Crippen LogP contribution is 2.45. The lowest BCUT2D eigenvalue weighted by molar-refractivity contribution is -0.384. The fraction of sp³-hybridized carbons (Fsp3) is 0.290. The van der Waals surface area contributed by atoms with Gasteiger partial charge in [-0.1, -0.05) is 60.7 Å². The number of hydrazone groups is 1. The zero-order valence-corrected chi connectivity index (χ0v) is 21.6. The number of hydrogen-bond donors (Lipinski definition) is 0. The Balaban J connectivity index is 1.39. The summed E-state index contributed by atoms with van der Waals surface area (Å²) in [5, 5.41) is 18.6. The van der Waals surface area contributed by atoms with Gasteiger partial charge in [0.1, 0.15) is 5.69 Å². The van der Waals surface area contributed by atoms with Gasteiger partial charge in [0.25, 0.3) is 11.6 Å². The van der Waals surface area contributed by atoms with E-state index in [1.54, 1.807) is 17.1 Å². The topological polar surface area (TPSA) is 88.3 Å². The van der Waals surface area contributed by atoms with Crippen LogP contribution < -0.4 is 4.90 Å². The molecule has 0 spiro atoms. The second kappa shape index (κ2) is 10.8. The van der Waals surface area contributed by atoms with E-state index in [0.29, 0.717) is 32.0 Å². The molecule has 0 N–H and O–H groups in total. The molecule has 3 aliphatic rings. The largest absolute Gasteiger partial charge is 0.378 e. The zero-order valence-electron chi connectivity index (χ0n) is 21.6. The summed E-state index contributed by atoms with van der Waals surface area (Å²) in [6, 6.07) is 24.6. The van der Waals surface area contributed by atoms with Gasteiger partial charge >= 0.3 is 0 Å². The maximum absolute atomic E-state index is 14.0. The molecule has 1 saturated heterocycles. The van der Waals surface area contributed by atoms with Gasteiger partial charge in [-0.15, -0.1) is 0 Å². The van der Waals surface area contributed by atoms with E-state index in [-0.39, 0.29) is 29.1 Å². The van der Waals surface area contributed by atoms with Gasteiger partial charge in [0.15, 0.2) is 0 Å². The minimum atomic E-state index is -0.410. The number of hydrogen-bond acceptors (Lipinski definition) is 6. The van der Waals surface area contributed by atoms with Crippen molar-refractivity contribution < 1.29 is 14.5 Å². The van der Waals surface area contributed by atoms with Crippen LogP contribution in [0.5, 0.6) is 0 Å². The Morgan fingerprint density at radius 1 is 1.00 bits per heavy atom. The maximum Gasteiger partial charge on any atom is 0.293 e. The number of allylic oxidation sites excluding steroid dienone is 1. The minimum Gasteiger partial charge on any atom is -0.378 e. The van der Waals surface area contributed by atoms with E-state index >= 15 is 0 Å². The van der Waals surface area contributed by atoms with Crippen LogP contribution in [0.3, 0.4) is 0 Å². The van der Waals surface area contributed by atoms with Gasteiger partial charge in [-0.2, -0.15) is 5.10 Å². The number of anilines is 1. The summed E-state index contributed by atoms with van der Waals surface area (Å²) in [7, 11) is 0. The minimum absolute atomic E-state index is 0.0580. The standard InChI is InChI=1S/C31H30N4O4/c36-31(25-14-15-27(28(21-25)35(37)38)33-16-18-39-19-17-33)34-30(23-10-5-2-6-11-23)26-13-7-12-24(29(26)32-34)20-22-8-3-1-4-9-22/h1-6,8-11,14-15,20-21,26,30H,7,12-13,16-19H2/b24-20+. The first-order chi connectivity index (χ1) is 19.1. The van der Waals surface area contributed by atoms with Crippen molar-refractivity contribution in [2.24, 2.45) is 11.0 Å². The van der Waals surface area contributed by atoms with Gasteiger partial charge in [0, 0.05) is 30.6 Å². The highest BCUT2D eigenvalue weighted by Gasteiger charge is 2.44. The smallest absolute Gasteiger partial charge is 0.293 e. The van der Waals surface area contributed by atoms with Gasteiger partial charge in [0.2, 0.25) is 0 Å². The fourth-order valence-corrected chi connectivity index (χ4v) is 5.91. The van der Waals surface area contributed by atoms with Crippen LogP contribution in [0.1, 0.15) is 46.8 Å². The molecule has 39 heavy (non-hydrogen) atoms. The van der Waals surface area contributed by atoms with Crippen molar-refractivity contribution in [1.82, 2.24) is 5.01 Å². The summed E-state index contributed by atoms with van der Waals surface area (Å²) in [6.07, 6.45) is 4.99. The van der Waals surface area contributed by atoms with Crippen LogP contribution in [-0.4, -0.2) is 47.9 Å². The summed E-state index contributed by atoms with van der Waals surface area (Å²) in [5.74, 6) is -0.274. The maximum atomic E-state index is 14.0. The molecule has 6 rings (SSSR count). The molecule has 2 atom stereocenters.